The Morgan fingerprint density at radius 2 is 1.79 bits per heavy atom. The van der Waals surface area contributed by atoms with Crippen LogP contribution in [0.1, 0.15) is 49.9 Å². The van der Waals surface area contributed by atoms with Crippen molar-refractivity contribution in [3.05, 3.63) is 23.7 Å². The molecule has 0 radical (unpaired) electrons. The molecule has 4 atom stereocenters. The molecule has 6 rings (SSSR count). The first-order valence-corrected chi connectivity index (χ1v) is 12.8. The number of rotatable bonds is 6. The number of anilines is 2. The van der Waals surface area contributed by atoms with E-state index in [1.807, 2.05) is 26.1 Å². The number of nitrogens with zero attached hydrogens (tertiary/aromatic N) is 4. The van der Waals surface area contributed by atoms with Crippen molar-refractivity contribution in [1.29, 1.82) is 0 Å². The monoisotopic (exact) mass is 466 g/mol. The molecule has 3 aromatic rings. The molecule has 3 fully saturated rings. The molecule has 0 bridgehead atoms. The first-order chi connectivity index (χ1) is 16.0. The molecule has 9 heteroatoms. The number of fused-ring (bicyclic) bond motifs is 1. The Bertz CT molecular complexity index is 1190. The van der Waals surface area contributed by atoms with E-state index >= 15 is 0 Å². The zero-order chi connectivity index (χ0) is 22.7. The van der Waals surface area contributed by atoms with Crippen LogP contribution in [-0.2, 0) is 0 Å². The first-order valence-electron chi connectivity index (χ1n) is 12.0. The SMILES string of the molecule is Cc1nc(NC2CCC2)nc(N[C@@H]2C[C@H](C3CC3)[C@@H](O)[C@H]2O)c1-c1nc2c(C)nccc2s1. The topological polar surface area (TPSA) is 116 Å². The molecule has 0 aliphatic heterocycles. The van der Waals surface area contributed by atoms with E-state index in [1.54, 1.807) is 11.3 Å². The number of nitrogens with one attached hydrogen (secondary N) is 2. The van der Waals surface area contributed by atoms with Crippen LogP contribution < -0.4 is 10.6 Å². The van der Waals surface area contributed by atoms with Crippen LogP contribution in [0.4, 0.5) is 11.8 Å². The van der Waals surface area contributed by atoms with Gasteiger partial charge < -0.3 is 20.8 Å². The predicted molar refractivity (Wildman–Crippen MR) is 129 cm³/mol. The van der Waals surface area contributed by atoms with Crippen LogP contribution in [0.5, 0.6) is 0 Å². The Morgan fingerprint density at radius 3 is 2.48 bits per heavy atom. The van der Waals surface area contributed by atoms with Gasteiger partial charge in [-0.2, -0.15) is 4.98 Å². The minimum Gasteiger partial charge on any atom is -0.390 e. The second-order valence-electron chi connectivity index (χ2n) is 9.86. The van der Waals surface area contributed by atoms with E-state index in [0.717, 1.165) is 64.3 Å². The Morgan fingerprint density at radius 1 is 0.970 bits per heavy atom. The number of thiazole rings is 1. The van der Waals surface area contributed by atoms with Gasteiger partial charge in [-0.15, -0.1) is 11.3 Å². The highest BCUT2D eigenvalue weighted by Crippen LogP contribution is 2.46. The van der Waals surface area contributed by atoms with Crippen molar-refractivity contribution in [2.24, 2.45) is 11.8 Å². The van der Waals surface area contributed by atoms with E-state index in [9.17, 15) is 10.2 Å². The van der Waals surface area contributed by atoms with Crippen molar-refractivity contribution in [1.82, 2.24) is 19.9 Å². The fraction of sp³-hybridized carbons (Fsp3) is 0.583. The molecule has 0 spiro atoms. The van der Waals surface area contributed by atoms with Gasteiger partial charge >= 0.3 is 0 Å². The third kappa shape index (κ3) is 3.86. The number of aliphatic hydroxyl groups is 2. The van der Waals surface area contributed by atoms with Crippen molar-refractivity contribution >= 4 is 33.3 Å². The first kappa shape index (κ1) is 21.2. The lowest BCUT2D eigenvalue weighted by atomic mass is 9.93. The zero-order valence-corrected chi connectivity index (χ0v) is 19.8. The molecule has 0 amide bonds. The average molecular weight is 467 g/mol. The van der Waals surface area contributed by atoms with Gasteiger partial charge in [0, 0.05) is 12.2 Å². The maximum absolute atomic E-state index is 10.8. The summed E-state index contributed by atoms with van der Waals surface area (Å²) in [7, 11) is 0. The molecule has 174 valence electrons. The summed E-state index contributed by atoms with van der Waals surface area (Å²) in [5.41, 5.74) is 3.48. The van der Waals surface area contributed by atoms with Gasteiger partial charge in [-0.05, 0) is 70.3 Å². The highest BCUT2D eigenvalue weighted by molar-refractivity contribution is 7.21. The molecule has 3 aliphatic carbocycles. The second kappa shape index (κ2) is 8.14. The van der Waals surface area contributed by atoms with Crippen LogP contribution in [-0.4, -0.2) is 54.4 Å². The molecule has 8 nitrogen and oxygen atoms in total. The molecule has 3 heterocycles. The summed E-state index contributed by atoms with van der Waals surface area (Å²) in [5, 5.41) is 29.3. The highest BCUT2D eigenvalue weighted by atomic mass is 32.1. The van der Waals surface area contributed by atoms with Gasteiger partial charge in [0.25, 0.3) is 0 Å². The lowest BCUT2D eigenvalue weighted by Crippen LogP contribution is -2.36. The molecule has 3 aliphatic rings. The van der Waals surface area contributed by atoms with Crippen LogP contribution in [0, 0.1) is 25.7 Å². The van der Waals surface area contributed by atoms with E-state index in [2.05, 4.69) is 15.6 Å². The molecule has 3 saturated carbocycles. The zero-order valence-electron chi connectivity index (χ0n) is 19.0. The molecular weight excluding hydrogens is 436 g/mol. The average Bonchev–Trinajstić information content (AvgIpc) is 3.44. The van der Waals surface area contributed by atoms with Crippen molar-refractivity contribution in [3.8, 4) is 10.6 Å². The normalized spacial score (nSPS) is 27.6. The molecule has 0 aromatic carbocycles. The van der Waals surface area contributed by atoms with Crippen LogP contribution in [0.2, 0.25) is 0 Å². The lowest BCUT2D eigenvalue weighted by molar-refractivity contribution is 0.0128. The minimum absolute atomic E-state index is 0.146. The fourth-order valence-corrected chi connectivity index (χ4v) is 6.31. The second-order valence-corrected chi connectivity index (χ2v) is 10.9. The van der Waals surface area contributed by atoms with Gasteiger partial charge in [0.15, 0.2) is 0 Å². The Kier molecular flexibility index (Phi) is 5.23. The summed E-state index contributed by atoms with van der Waals surface area (Å²) in [6.07, 6.45) is 6.83. The van der Waals surface area contributed by atoms with Crippen LogP contribution in [0.3, 0.4) is 0 Å². The van der Waals surface area contributed by atoms with Crippen molar-refractivity contribution < 1.29 is 10.2 Å². The number of hydrogen-bond acceptors (Lipinski definition) is 9. The lowest BCUT2D eigenvalue weighted by Gasteiger charge is -2.27. The summed E-state index contributed by atoms with van der Waals surface area (Å²) in [5.74, 6) is 1.95. The third-order valence-electron chi connectivity index (χ3n) is 7.51. The summed E-state index contributed by atoms with van der Waals surface area (Å²) in [6, 6.07) is 2.14. The van der Waals surface area contributed by atoms with E-state index in [0.29, 0.717) is 23.7 Å². The van der Waals surface area contributed by atoms with Gasteiger partial charge in [0.1, 0.15) is 22.4 Å². The van der Waals surface area contributed by atoms with Crippen molar-refractivity contribution in [2.75, 3.05) is 10.6 Å². The van der Waals surface area contributed by atoms with E-state index in [-0.39, 0.29) is 12.0 Å². The van der Waals surface area contributed by atoms with Gasteiger partial charge in [-0.1, -0.05) is 0 Å². The van der Waals surface area contributed by atoms with Gasteiger partial charge in [0.05, 0.1) is 33.8 Å². The number of aryl methyl sites for hydroxylation is 2. The number of pyridine rings is 1. The smallest absolute Gasteiger partial charge is 0.225 e. The minimum atomic E-state index is -0.816. The molecule has 0 unspecified atom stereocenters. The van der Waals surface area contributed by atoms with Crippen LogP contribution in [0.25, 0.3) is 20.8 Å². The molecule has 0 saturated heterocycles. The summed E-state index contributed by atoms with van der Waals surface area (Å²) >= 11 is 1.60. The van der Waals surface area contributed by atoms with Crippen LogP contribution >= 0.6 is 11.3 Å². The van der Waals surface area contributed by atoms with Crippen molar-refractivity contribution in [3.63, 3.8) is 0 Å². The predicted octanol–water partition coefficient (Wildman–Crippen LogP) is 3.66. The highest BCUT2D eigenvalue weighted by Gasteiger charge is 2.48. The van der Waals surface area contributed by atoms with Gasteiger partial charge in [0.2, 0.25) is 5.95 Å². The van der Waals surface area contributed by atoms with Crippen LogP contribution in [0.15, 0.2) is 12.3 Å². The molecule has 33 heavy (non-hydrogen) atoms. The van der Waals surface area contributed by atoms with Gasteiger partial charge in [-0.25, -0.2) is 9.97 Å². The Hall–Kier alpha value is -2.36. The maximum atomic E-state index is 10.8. The van der Waals surface area contributed by atoms with E-state index in [1.165, 1.54) is 6.42 Å². The molecule has 4 N–H and O–H groups in total. The van der Waals surface area contributed by atoms with Gasteiger partial charge in [-0.3, -0.25) is 4.98 Å². The maximum Gasteiger partial charge on any atom is 0.225 e. The fourth-order valence-electron chi connectivity index (χ4n) is 5.20. The standard InChI is InChI=1S/C24H30N6O2S/c1-11-18(23-29-19-12(2)25-9-8-17(19)33-23)22(30-24(26-11)27-14-4-3-5-14)28-16-10-15(13-6-7-13)20(31)21(16)32/h8-9,13-16,20-21,31-32H,3-7,10H2,1-2H3,(H2,26,27,28,30)/t15-,16-,20-,21+/m1/s1. The summed E-state index contributed by atoms with van der Waals surface area (Å²) < 4.78 is 1.07. The van der Waals surface area contributed by atoms with E-state index < -0.39 is 12.2 Å². The number of aliphatic hydroxyl groups excluding tert-OH is 2. The third-order valence-corrected chi connectivity index (χ3v) is 8.55. The van der Waals surface area contributed by atoms with E-state index in [4.69, 9.17) is 15.0 Å². The largest absolute Gasteiger partial charge is 0.390 e. The quantitative estimate of drug-likeness (QED) is 0.435. The van der Waals surface area contributed by atoms with Crippen molar-refractivity contribution in [2.45, 2.75) is 76.7 Å². The number of aromatic nitrogens is 4. The molecule has 3 aromatic heterocycles. The summed E-state index contributed by atoms with van der Waals surface area (Å²) in [6.45, 7) is 3.95. The summed E-state index contributed by atoms with van der Waals surface area (Å²) in [4.78, 5) is 18.9. The molecular formula is C24H30N6O2S. The number of hydrogen-bond donors (Lipinski definition) is 4. The Balaban J connectivity index is 1.39. The Labute approximate surface area is 196 Å².